The highest BCUT2D eigenvalue weighted by Gasteiger charge is 2.54. The van der Waals surface area contributed by atoms with Crippen molar-refractivity contribution in [1.82, 2.24) is 0 Å². The molecule has 0 aromatic carbocycles. The van der Waals surface area contributed by atoms with Crippen molar-refractivity contribution in [2.45, 2.75) is 39.7 Å². The average Bonchev–Trinajstić information content (AvgIpc) is 2.71. The molecule has 0 unspecified atom stereocenters. The summed E-state index contributed by atoms with van der Waals surface area (Å²) < 4.78 is 5.74. The summed E-state index contributed by atoms with van der Waals surface area (Å²) >= 11 is 0. The van der Waals surface area contributed by atoms with Gasteiger partial charge in [-0.3, -0.25) is 0 Å². The molecule has 2 aliphatic carbocycles. The van der Waals surface area contributed by atoms with E-state index in [2.05, 4.69) is 32.9 Å². The zero-order chi connectivity index (χ0) is 12.3. The van der Waals surface area contributed by atoms with Gasteiger partial charge in [-0.15, -0.1) is 0 Å². The van der Waals surface area contributed by atoms with Crippen molar-refractivity contribution in [3.8, 4) is 0 Å². The lowest BCUT2D eigenvalue weighted by molar-refractivity contribution is -0.0252. The molecule has 3 rings (SSSR count). The molecule has 1 N–H and O–H groups in total. The Hall–Kier alpha value is -1.18. The highest BCUT2D eigenvalue weighted by molar-refractivity contribution is 5.38. The third-order valence-electron chi connectivity index (χ3n) is 4.86. The van der Waals surface area contributed by atoms with Crippen molar-refractivity contribution >= 4 is 0 Å². The summed E-state index contributed by atoms with van der Waals surface area (Å²) in [6.45, 7) is 6.85. The molecular weight excluding hydrogens is 212 g/mol. The van der Waals surface area contributed by atoms with Crippen molar-refractivity contribution in [1.29, 1.82) is 0 Å². The molecule has 0 spiro atoms. The van der Waals surface area contributed by atoms with Gasteiger partial charge in [0.05, 0.1) is 12.0 Å². The largest absolute Gasteiger partial charge is 0.512 e. The highest BCUT2D eigenvalue weighted by Crippen LogP contribution is 2.57. The van der Waals surface area contributed by atoms with Crippen LogP contribution in [0.1, 0.15) is 33.6 Å². The SMILES string of the molecule is CC1(C)CC=C[C@]2(C)[C@@H]3OC=CC3=C(O)C[C@H]12. The lowest BCUT2D eigenvalue weighted by Gasteiger charge is -2.52. The van der Waals surface area contributed by atoms with Crippen molar-refractivity contribution in [3.63, 3.8) is 0 Å². The van der Waals surface area contributed by atoms with Gasteiger partial charge in [0.2, 0.25) is 0 Å². The van der Waals surface area contributed by atoms with E-state index in [0.717, 1.165) is 18.4 Å². The highest BCUT2D eigenvalue weighted by atomic mass is 16.5. The minimum absolute atomic E-state index is 0.00271. The quantitative estimate of drug-likeness (QED) is 0.645. The molecule has 0 radical (unpaired) electrons. The molecular formula is C15H20O2. The summed E-state index contributed by atoms with van der Waals surface area (Å²) in [5, 5.41) is 10.2. The molecule has 0 saturated heterocycles. The summed E-state index contributed by atoms with van der Waals surface area (Å²) in [6, 6.07) is 0. The fourth-order valence-electron chi connectivity index (χ4n) is 3.88. The number of ether oxygens (including phenoxy) is 1. The van der Waals surface area contributed by atoms with Gasteiger partial charge in [0.15, 0.2) is 0 Å². The summed E-state index contributed by atoms with van der Waals surface area (Å²) in [6.07, 6.45) is 10.1. The van der Waals surface area contributed by atoms with E-state index in [4.69, 9.17) is 4.74 Å². The monoisotopic (exact) mass is 232 g/mol. The molecule has 1 aliphatic heterocycles. The van der Waals surface area contributed by atoms with Crippen LogP contribution in [0.2, 0.25) is 0 Å². The van der Waals surface area contributed by atoms with E-state index in [1.54, 1.807) is 6.26 Å². The van der Waals surface area contributed by atoms with Crippen LogP contribution in [0.3, 0.4) is 0 Å². The molecule has 3 aliphatic rings. The van der Waals surface area contributed by atoms with Gasteiger partial charge in [0, 0.05) is 17.4 Å². The molecule has 17 heavy (non-hydrogen) atoms. The van der Waals surface area contributed by atoms with E-state index in [1.165, 1.54) is 0 Å². The number of aliphatic hydroxyl groups is 1. The Kier molecular flexibility index (Phi) is 2.05. The second-order valence-corrected chi connectivity index (χ2v) is 6.44. The van der Waals surface area contributed by atoms with E-state index in [0.29, 0.717) is 11.7 Å². The zero-order valence-corrected chi connectivity index (χ0v) is 10.7. The standard InChI is InChI=1S/C15H20O2/c1-14(2)6-4-7-15(3)12(14)9-11(16)10-5-8-17-13(10)15/h4-5,7-8,12-13,16H,6,9H2,1-3H3/t12-,13-,15+/m1/s1. The van der Waals surface area contributed by atoms with Crippen LogP contribution in [0.25, 0.3) is 0 Å². The third kappa shape index (κ3) is 1.33. The summed E-state index contributed by atoms with van der Waals surface area (Å²) in [4.78, 5) is 0. The zero-order valence-electron chi connectivity index (χ0n) is 10.7. The van der Waals surface area contributed by atoms with Gasteiger partial charge in [-0.25, -0.2) is 0 Å². The first kappa shape index (κ1) is 10.9. The maximum atomic E-state index is 10.2. The van der Waals surface area contributed by atoms with Crippen LogP contribution in [0.4, 0.5) is 0 Å². The Morgan fingerprint density at radius 1 is 1.35 bits per heavy atom. The van der Waals surface area contributed by atoms with E-state index >= 15 is 0 Å². The molecule has 0 fully saturated rings. The predicted octanol–water partition coefficient (Wildman–Crippen LogP) is 3.72. The number of aliphatic hydroxyl groups excluding tert-OH is 1. The van der Waals surface area contributed by atoms with Crippen LogP contribution in [-0.2, 0) is 4.74 Å². The molecule has 92 valence electrons. The van der Waals surface area contributed by atoms with Gasteiger partial charge in [0.1, 0.15) is 6.10 Å². The summed E-state index contributed by atoms with van der Waals surface area (Å²) in [5.41, 5.74) is 1.20. The molecule has 0 aromatic rings. The van der Waals surface area contributed by atoms with Crippen molar-refractivity contribution in [3.05, 3.63) is 35.8 Å². The van der Waals surface area contributed by atoms with Gasteiger partial charge in [-0.2, -0.15) is 0 Å². The van der Waals surface area contributed by atoms with Gasteiger partial charge < -0.3 is 9.84 Å². The van der Waals surface area contributed by atoms with E-state index in [1.807, 2.05) is 6.08 Å². The first-order valence-electron chi connectivity index (χ1n) is 6.37. The number of fused-ring (bicyclic) bond motifs is 3. The van der Waals surface area contributed by atoms with Crippen LogP contribution in [0.5, 0.6) is 0 Å². The van der Waals surface area contributed by atoms with Gasteiger partial charge in [0.25, 0.3) is 0 Å². The normalized spacial score (nSPS) is 42.1. The van der Waals surface area contributed by atoms with E-state index in [9.17, 15) is 5.11 Å². The second kappa shape index (κ2) is 3.18. The third-order valence-corrected chi connectivity index (χ3v) is 4.86. The van der Waals surface area contributed by atoms with Gasteiger partial charge >= 0.3 is 0 Å². The predicted molar refractivity (Wildman–Crippen MR) is 67.4 cm³/mol. The topological polar surface area (TPSA) is 29.5 Å². The molecule has 2 heteroatoms. The van der Waals surface area contributed by atoms with Crippen molar-refractivity contribution < 1.29 is 9.84 Å². The van der Waals surface area contributed by atoms with Crippen LogP contribution in [0.15, 0.2) is 35.8 Å². The Morgan fingerprint density at radius 2 is 2.12 bits per heavy atom. The Morgan fingerprint density at radius 3 is 2.88 bits per heavy atom. The van der Waals surface area contributed by atoms with Gasteiger partial charge in [-0.1, -0.05) is 32.9 Å². The Bertz CT molecular complexity index is 442. The van der Waals surface area contributed by atoms with E-state index in [-0.39, 0.29) is 16.9 Å². The molecule has 3 atom stereocenters. The average molecular weight is 232 g/mol. The minimum Gasteiger partial charge on any atom is -0.512 e. The first-order chi connectivity index (χ1) is 7.95. The molecule has 1 heterocycles. The lowest BCUT2D eigenvalue weighted by atomic mass is 9.53. The smallest absolute Gasteiger partial charge is 0.135 e. The second-order valence-electron chi connectivity index (χ2n) is 6.44. The number of allylic oxidation sites excluding steroid dienone is 2. The molecule has 2 nitrogen and oxygen atoms in total. The maximum absolute atomic E-state index is 10.2. The fourth-order valence-corrected chi connectivity index (χ4v) is 3.88. The van der Waals surface area contributed by atoms with Crippen LogP contribution >= 0.6 is 0 Å². The summed E-state index contributed by atoms with van der Waals surface area (Å²) in [7, 11) is 0. The molecule has 0 amide bonds. The molecule has 0 aromatic heterocycles. The van der Waals surface area contributed by atoms with E-state index < -0.39 is 0 Å². The molecule has 0 bridgehead atoms. The van der Waals surface area contributed by atoms with Crippen LogP contribution in [0, 0.1) is 16.7 Å². The first-order valence-corrected chi connectivity index (χ1v) is 6.37. The number of rotatable bonds is 0. The number of hydrogen-bond donors (Lipinski definition) is 1. The Labute approximate surface area is 103 Å². The number of hydrogen-bond acceptors (Lipinski definition) is 2. The minimum atomic E-state index is -0.00271. The van der Waals surface area contributed by atoms with Crippen LogP contribution in [-0.4, -0.2) is 11.2 Å². The fraction of sp³-hybridized carbons (Fsp3) is 0.600. The van der Waals surface area contributed by atoms with Gasteiger partial charge in [-0.05, 0) is 23.8 Å². The van der Waals surface area contributed by atoms with Crippen LogP contribution < -0.4 is 0 Å². The Balaban J connectivity index is 2.12. The van der Waals surface area contributed by atoms with Crippen molar-refractivity contribution in [2.24, 2.45) is 16.7 Å². The van der Waals surface area contributed by atoms with Crippen molar-refractivity contribution in [2.75, 3.05) is 0 Å². The molecule has 0 saturated carbocycles. The maximum Gasteiger partial charge on any atom is 0.135 e. The lowest BCUT2D eigenvalue weighted by Crippen LogP contribution is -2.49. The summed E-state index contributed by atoms with van der Waals surface area (Å²) in [5.74, 6) is 0.961.